The average molecular weight is 326 g/mol. The highest BCUT2D eigenvalue weighted by Crippen LogP contribution is 2.37. The number of rotatable bonds is 5. The quantitative estimate of drug-likeness (QED) is 0.590. The van der Waals surface area contributed by atoms with Gasteiger partial charge >= 0.3 is 0 Å². The number of hydrogen-bond acceptors (Lipinski definition) is 2. The summed E-state index contributed by atoms with van der Waals surface area (Å²) in [6.07, 6.45) is 1.54. The highest BCUT2D eigenvalue weighted by Gasteiger charge is 2.38. The van der Waals surface area contributed by atoms with Crippen LogP contribution in [-0.4, -0.2) is 24.8 Å². The maximum absolute atomic E-state index is 12.1. The molecular weight excluding hydrogens is 298 g/mol. The van der Waals surface area contributed by atoms with Crippen molar-refractivity contribution in [2.75, 3.05) is 0 Å². The Labute approximate surface area is 132 Å². The lowest BCUT2D eigenvalue weighted by atomic mass is 10.2. The third-order valence-electron chi connectivity index (χ3n) is 3.88. The molecule has 118 valence electrons. The standard InChI is InChI=1S/C16H27NO2SSi/c1-13-8-10-15(11-9-13)20(18)17-12-14(2)19-21(6,7)16(3,4)5/h8-12,14H,1-7H3/b17-12+/t14-,20-/m0/s1. The second kappa shape index (κ2) is 6.98. The summed E-state index contributed by atoms with van der Waals surface area (Å²) in [5.74, 6) is 0. The number of aryl methyl sites for hydroxylation is 1. The van der Waals surface area contributed by atoms with Crippen LogP contribution in [0.5, 0.6) is 0 Å². The van der Waals surface area contributed by atoms with E-state index in [1.165, 1.54) is 0 Å². The van der Waals surface area contributed by atoms with Gasteiger partial charge in [-0.05, 0) is 44.1 Å². The monoisotopic (exact) mass is 325 g/mol. The van der Waals surface area contributed by atoms with E-state index in [0.29, 0.717) is 0 Å². The van der Waals surface area contributed by atoms with Gasteiger partial charge in [0.05, 0.1) is 11.0 Å². The van der Waals surface area contributed by atoms with E-state index in [9.17, 15) is 4.21 Å². The van der Waals surface area contributed by atoms with Crippen LogP contribution < -0.4 is 0 Å². The molecular formula is C16H27NO2SSi. The Bertz CT molecular complexity index is 518. The van der Waals surface area contributed by atoms with Crippen LogP contribution in [0.4, 0.5) is 0 Å². The summed E-state index contributed by atoms with van der Waals surface area (Å²) >= 11 is 0. The van der Waals surface area contributed by atoms with Gasteiger partial charge in [-0.3, -0.25) is 0 Å². The zero-order valence-electron chi connectivity index (χ0n) is 14.1. The predicted molar refractivity (Wildman–Crippen MR) is 93.8 cm³/mol. The summed E-state index contributed by atoms with van der Waals surface area (Å²) in [6, 6.07) is 7.58. The van der Waals surface area contributed by atoms with E-state index in [-0.39, 0.29) is 11.1 Å². The summed E-state index contributed by atoms with van der Waals surface area (Å²) in [6.45, 7) is 15.0. The minimum atomic E-state index is -1.82. The smallest absolute Gasteiger partial charge is 0.192 e. The molecule has 0 aliphatic carbocycles. The molecule has 1 rings (SSSR count). The average Bonchev–Trinajstić information content (AvgIpc) is 2.35. The molecule has 0 saturated carbocycles. The van der Waals surface area contributed by atoms with E-state index in [2.05, 4.69) is 38.3 Å². The van der Waals surface area contributed by atoms with E-state index in [1.807, 2.05) is 38.1 Å². The molecule has 21 heavy (non-hydrogen) atoms. The van der Waals surface area contributed by atoms with Crippen molar-refractivity contribution in [3.8, 4) is 0 Å². The first-order chi connectivity index (χ1) is 9.53. The molecule has 0 N–H and O–H groups in total. The molecule has 0 amide bonds. The van der Waals surface area contributed by atoms with Gasteiger partial charge in [0.25, 0.3) is 0 Å². The molecule has 0 aliphatic rings. The van der Waals surface area contributed by atoms with Gasteiger partial charge in [0.15, 0.2) is 19.3 Å². The Morgan fingerprint density at radius 1 is 1.24 bits per heavy atom. The first-order valence-electron chi connectivity index (χ1n) is 7.23. The largest absolute Gasteiger partial charge is 0.409 e. The predicted octanol–water partition coefficient (Wildman–Crippen LogP) is 4.50. The van der Waals surface area contributed by atoms with Crippen molar-refractivity contribution < 1.29 is 8.63 Å². The molecule has 0 bridgehead atoms. The summed E-state index contributed by atoms with van der Waals surface area (Å²) in [4.78, 5) is 0.719. The molecule has 0 radical (unpaired) electrons. The Balaban J connectivity index is 2.68. The zero-order chi connectivity index (χ0) is 16.3. The highest BCUT2D eigenvalue weighted by atomic mass is 32.2. The molecule has 1 aromatic carbocycles. The van der Waals surface area contributed by atoms with Gasteiger partial charge in [0.2, 0.25) is 0 Å². The van der Waals surface area contributed by atoms with Gasteiger partial charge < -0.3 is 4.43 Å². The fraction of sp³-hybridized carbons (Fsp3) is 0.562. The van der Waals surface area contributed by atoms with Crippen LogP contribution in [0.25, 0.3) is 0 Å². The Morgan fingerprint density at radius 2 is 1.76 bits per heavy atom. The van der Waals surface area contributed by atoms with Crippen molar-refractivity contribution in [2.45, 2.75) is 63.8 Å². The molecule has 0 aliphatic heterocycles. The van der Waals surface area contributed by atoms with E-state index in [4.69, 9.17) is 4.43 Å². The van der Waals surface area contributed by atoms with Crippen LogP contribution in [0.1, 0.15) is 33.3 Å². The molecule has 0 aromatic heterocycles. The number of hydrogen-bond donors (Lipinski definition) is 0. The van der Waals surface area contributed by atoms with Gasteiger partial charge in [-0.25, -0.2) is 4.21 Å². The first kappa shape index (κ1) is 18.3. The normalized spacial score (nSPS) is 16.1. The van der Waals surface area contributed by atoms with Crippen LogP contribution in [0.2, 0.25) is 18.1 Å². The number of nitrogens with zero attached hydrogens (tertiary/aromatic N) is 1. The van der Waals surface area contributed by atoms with Crippen LogP contribution in [-0.2, 0) is 15.4 Å². The van der Waals surface area contributed by atoms with Crippen molar-refractivity contribution in [3.05, 3.63) is 29.8 Å². The van der Waals surface area contributed by atoms with Crippen molar-refractivity contribution in [1.29, 1.82) is 0 Å². The van der Waals surface area contributed by atoms with Crippen LogP contribution in [0.3, 0.4) is 0 Å². The molecule has 1 aromatic rings. The lowest BCUT2D eigenvalue weighted by molar-refractivity contribution is 0.264. The highest BCUT2D eigenvalue weighted by molar-refractivity contribution is 7.83. The molecule has 5 heteroatoms. The van der Waals surface area contributed by atoms with Crippen LogP contribution in [0.15, 0.2) is 33.6 Å². The molecule has 0 fully saturated rings. The van der Waals surface area contributed by atoms with Crippen molar-refractivity contribution in [2.24, 2.45) is 4.40 Å². The van der Waals surface area contributed by atoms with E-state index in [0.717, 1.165) is 10.5 Å². The SMILES string of the molecule is Cc1ccc([S@](=O)/N=C/[C@H](C)O[Si](C)(C)C(C)(C)C)cc1. The van der Waals surface area contributed by atoms with Gasteiger partial charge in [-0.1, -0.05) is 38.5 Å². The molecule has 0 unspecified atom stereocenters. The Hall–Kier alpha value is -0.783. The zero-order valence-corrected chi connectivity index (χ0v) is 16.0. The molecule has 2 atom stereocenters. The van der Waals surface area contributed by atoms with Crippen LogP contribution >= 0.6 is 0 Å². The summed E-state index contributed by atoms with van der Waals surface area (Å²) in [5.41, 5.74) is 1.15. The third kappa shape index (κ3) is 5.49. The van der Waals surface area contributed by atoms with E-state index < -0.39 is 19.3 Å². The summed E-state index contributed by atoms with van der Waals surface area (Å²) in [7, 11) is -3.17. The minimum absolute atomic E-state index is 0.125. The van der Waals surface area contributed by atoms with Gasteiger partial charge in [0.1, 0.15) is 0 Å². The fourth-order valence-corrected chi connectivity index (χ4v) is 3.64. The topological polar surface area (TPSA) is 38.7 Å². The van der Waals surface area contributed by atoms with Gasteiger partial charge in [-0.15, -0.1) is 0 Å². The Morgan fingerprint density at radius 3 is 2.24 bits per heavy atom. The summed E-state index contributed by atoms with van der Waals surface area (Å²) < 4.78 is 22.4. The van der Waals surface area contributed by atoms with Gasteiger partial charge in [0, 0.05) is 6.21 Å². The molecule has 0 spiro atoms. The summed E-state index contributed by atoms with van der Waals surface area (Å²) in [5, 5.41) is 0.158. The Kier molecular flexibility index (Phi) is 6.08. The van der Waals surface area contributed by atoms with E-state index >= 15 is 0 Å². The molecule has 0 heterocycles. The molecule has 0 saturated heterocycles. The second-order valence-corrected chi connectivity index (χ2v) is 12.8. The minimum Gasteiger partial charge on any atom is -0.409 e. The van der Waals surface area contributed by atoms with Crippen molar-refractivity contribution in [3.63, 3.8) is 0 Å². The van der Waals surface area contributed by atoms with Crippen LogP contribution in [0, 0.1) is 6.92 Å². The van der Waals surface area contributed by atoms with E-state index in [1.54, 1.807) is 6.21 Å². The second-order valence-electron chi connectivity index (χ2n) is 6.90. The van der Waals surface area contributed by atoms with Gasteiger partial charge in [-0.2, -0.15) is 4.40 Å². The maximum Gasteiger partial charge on any atom is 0.192 e. The first-order valence-corrected chi connectivity index (χ1v) is 11.2. The third-order valence-corrected chi connectivity index (χ3v) is 9.44. The lowest BCUT2D eigenvalue weighted by Crippen LogP contribution is -2.43. The number of benzene rings is 1. The lowest BCUT2D eigenvalue weighted by Gasteiger charge is -2.37. The molecule has 3 nitrogen and oxygen atoms in total. The maximum atomic E-state index is 12.1. The fourth-order valence-electron chi connectivity index (χ4n) is 1.53. The van der Waals surface area contributed by atoms with Crippen molar-refractivity contribution >= 4 is 25.5 Å². The van der Waals surface area contributed by atoms with Crippen molar-refractivity contribution in [1.82, 2.24) is 0 Å².